The largest absolute Gasteiger partial charge is 0.308 e. The minimum atomic E-state index is 0.666. The van der Waals surface area contributed by atoms with Crippen LogP contribution in [0.5, 0.6) is 0 Å². The Balaban J connectivity index is 1.55. The molecule has 116 valence electrons. The first kappa shape index (κ1) is 15.0. The molecule has 1 aromatic heterocycles. The number of nitrogen functional groups attached to an aromatic ring is 1. The van der Waals surface area contributed by atoms with Gasteiger partial charge in [0.1, 0.15) is 5.82 Å². The van der Waals surface area contributed by atoms with Crippen LogP contribution in [0.15, 0.2) is 12.1 Å². The van der Waals surface area contributed by atoms with Crippen molar-refractivity contribution >= 4 is 17.4 Å². The SMILES string of the molecule is NNc1ccc(Cl)c(CN2CCN(C3CCCC3)CC2)n1. The molecule has 0 spiro atoms. The molecule has 0 amide bonds. The fraction of sp³-hybridized carbons (Fsp3) is 0.667. The first-order chi connectivity index (χ1) is 10.3. The molecule has 1 saturated heterocycles. The number of aromatic nitrogens is 1. The van der Waals surface area contributed by atoms with E-state index < -0.39 is 0 Å². The van der Waals surface area contributed by atoms with Gasteiger partial charge in [0.2, 0.25) is 0 Å². The molecule has 1 aliphatic carbocycles. The van der Waals surface area contributed by atoms with E-state index in [9.17, 15) is 0 Å². The summed E-state index contributed by atoms with van der Waals surface area (Å²) < 4.78 is 0. The Morgan fingerprint density at radius 2 is 1.90 bits per heavy atom. The molecule has 21 heavy (non-hydrogen) atoms. The standard InChI is InChI=1S/C15H24ClN5/c16-13-5-6-15(19-17)18-14(13)11-20-7-9-21(10-8-20)12-3-1-2-4-12/h5-6,12H,1-4,7-11,17H2,(H,18,19). The Hall–Kier alpha value is -0.880. The summed E-state index contributed by atoms with van der Waals surface area (Å²) in [6.45, 7) is 5.31. The third-order valence-electron chi connectivity index (χ3n) is 4.69. The second-order valence-corrected chi connectivity index (χ2v) is 6.43. The lowest BCUT2D eigenvalue weighted by Crippen LogP contribution is -2.49. The number of nitrogens with one attached hydrogen (secondary N) is 1. The topological polar surface area (TPSA) is 57.4 Å². The van der Waals surface area contributed by atoms with Gasteiger partial charge in [0.05, 0.1) is 10.7 Å². The molecule has 0 bridgehead atoms. The summed E-state index contributed by atoms with van der Waals surface area (Å²) in [5.41, 5.74) is 3.48. The zero-order chi connectivity index (χ0) is 14.7. The van der Waals surface area contributed by atoms with Crippen LogP contribution in [0.3, 0.4) is 0 Å². The zero-order valence-electron chi connectivity index (χ0n) is 12.4. The number of hydrazine groups is 1. The van der Waals surface area contributed by atoms with Crippen molar-refractivity contribution in [3.63, 3.8) is 0 Å². The fourth-order valence-electron chi connectivity index (χ4n) is 3.44. The Labute approximate surface area is 131 Å². The van der Waals surface area contributed by atoms with Crippen LogP contribution in [-0.2, 0) is 6.54 Å². The van der Waals surface area contributed by atoms with E-state index in [2.05, 4.69) is 20.2 Å². The van der Waals surface area contributed by atoms with Gasteiger partial charge in [0.15, 0.2) is 0 Å². The van der Waals surface area contributed by atoms with Crippen molar-refractivity contribution in [3.8, 4) is 0 Å². The lowest BCUT2D eigenvalue weighted by Gasteiger charge is -2.38. The van der Waals surface area contributed by atoms with Gasteiger partial charge in [-0.15, -0.1) is 0 Å². The van der Waals surface area contributed by atoms with Gasteiger partial charge in [-0.2, -0.15) is 0 Å². The monoisotopic (exact) mass is 309 g/mol. The maximum absolute atomic E-state index is 6.24. The minimum absolute atomic E-state index is 0.666. The molecule has 3 N–H and O–H groups in total. The first-order valence-electron chi connectivity index (χ1n) is 7.84. The average Bonchev–Trinajstić information content (AvgIpc) is 3.04. The van der Waals surface area contributed by atoms with Crippen molar-refractivity contribution in [1.29, 1.82) is 0 Å². The number of anilines is 1. The highest BCUT2D eigenvalue weighted by Gasteiger charge is 2.26. The van der Waals surface area contributed by atoms with E-state index >= 15 is 0 Å². The van der Waals surface area contributed by atoms with E-state index in [-0.39, 0.29) is 0 Å². The highest BCUT2D eigenvalue weighted by molar-refractivity contribution is 6.31. The molecule has 2 heterocycles. The second-order valence-electron chi connectivity index (χ2n) is 6.02. The highest BCUT2D eigenvalue weighted by Crippen LogP contribution is 2.25. The summed E-state index contributed by atoms with van der Waals surface area (Å²) in [4.78, 5) is 9.55. The average molecular weight is 310 g/mol. The number of nitrogens with two attached hydrogens (primary N) is 1. The number of pyridine rings is 1. The molecule has 2 fully saturated rings. The fourth-order valence-corrected chi connectivity index (χ4v) is 3.61. The predicted molar refractivity (Wildman–Crippen MR) is 86.2 cm³/mol. The smallest absolute Gasteiger partial charge is 0.140 e. The van der Waals surface area contributed by atoms with Gasteiger partial charge in [-0.05, 0) is 25.0 Å². The molecule has 2 aliphatic rings. The van der Waals surface area contributed by atoms with E-state index in [1.54, 1.807) is 6.07 Å². The van der Waals surface area contributed by atoms with Gasteiger partial charge in [0, 0.05) is 38.8 Å². The number of hydrogen-bond acceptors (Lipinski definition) is 5. The summed E-state index contributed by atoms with van der Waals surface area (Å²) in [5.74, 6) is 6.08. The second kappa shape index (κ2) is 6.92. The molecule has 3 rings (SSSR count). The maximum atomic E-state index is 6.24. The van der Waals surface area contributed by atoms with Gasteiger partial charge in [-0.25, -0.2) is 10.8 Å². The molecule has 1 aliphatic heterocycles. The molecule has 0 radical (unpaired) electrons. The lowest BCUT2D eigenvalue weighted by atomic mass is 10.1. The van der Waals surface area contributed by atoms with E-state index in [1.165, 1.54) is 25.7 Å². The predicted octanol–water partition coefficient (Wildman–Crippen LogP) is 2.08. The van der Waals surface area contributed by atoms with Crippen LogP contribution in [0.2, 0.25) is 5.02 Å². The normalized spacial score (nSPS) is 21.8. The molecule has 6 heteroatoms. The van der Waals surface area contributed by atoms with E-state index in [0.29, 0.717) is 10.8 Å². The first-order valence-corrected chi connectivity index (χ1v) is 8.22. The molecular weight excluding hydrogens is 286 g/mol. The summed E-state index contributed by atoms with van der Waals surface area (Å²) in [6, 6.07) is 4.48. The molecule has 5 nitrogen and oxygen atoms in total. The highest BCUT2D eigenvalue weighted by atomic mass is 35.5. The van der Waals surface area contributed by atoms with Crippen LogP contribution in [0, 0.1) is 0 Å². The van der Waals surface area contributed by atoms with E-state index in [1.807, 2.05) is 6.07 Å². The molecule has 0 atom stereocenters. The molecule has 0 aromatic carbocycles. The summed E-state index contributed by atoms with van der Waals surface area (Å²) in [5, 5.41) is 0.715. The third kappa shape index (κ3) is 3.66. The third-order valence-corrected chi connectivity index (χ3v) is 5.03. The van der Waals surface area contributed by atoms with Crippen LogP contribution in [-0.4, -0.2) is 47.0 Å². The molecule has 1 saturated carbocycles. The van der Waals surface area contributed by atoms with Crippen molar-refractivity contribution in [2.75, 3.05) is 31.6 Å². The van der Waals surface area contributed by atoms with Gasteiger partial charge in [-0.3, -0.25) is 9.80 Å². The Kier molecular flexibility index (Phi) is 4.95. The van der Waals surface area contributed by atoms with Crippen LogP contribution in [0.4, 0.5) is 5.82 Å². The van der Waals surface area contributed by atoms with E-state index in [0.717, 1.165) is 44.5 Å². The summed E-state index contributed by atoms with van der Waals surface area (Å²) in [7, 11) is 0. The number of halogens is 1. The number of nitrogens with zero attached hydrogens (tertiary/aromatic N) is 3. The summed E-state index contributed by atoms with van der Waals surface area (Å²) in [6.07, 6.45) is 5.59. The Morgan fingerprint density at radius 1 is 1.19 bits per heavy atom. The van der Waals surface area contributed by atoms with Crippen LogP contribution >= 0.6 is 11.6 Å². The van der Waals surface area contributed by atoms with Crippen molar-refractivity contribution in [3.05, 3.63) is 22.8 Å². The molecule has 0 unspecified atom stereocenters. The zero-order valence-corrected chi connectivity index (χ0v) is 13.1. The van der Waals surface area contributed by atoms with Gasteiger partial charge < -0.3 is 5.43 Å². The summed E-state index contributed by atoms with van der Waals surface area (Å²) >= 11 is 6.24. The Morgan fingerprint density at radius 3 is 2.57 bits per heavy atom. The minimum Gasteiger partial charge on any atom is -0.308 e. The number of hydrogen-bond donors (Lipinski definition) is 2. The van der Waals surface area contributed by atoms with Crippen molar-refractivity contribution in [2.45, 2.75) is 38.3 Å². The quantitative estimate of drug-likeness (QED) is 0.659. The van der Waals surface area contributed by atoms with Crippen LogP contribution < -0.4 is 11.3 Å². The van der Waals surface area contributed by atoms with Crippen LogP contribution in [0.1, 0.15) is 31.4 Å². The van der Waals surface area contributed by atoms with Crippen LogP contribution in [0.25, 0.3) is 0 Å². The Bertz CT molecular complexity index is 467. The van der Waals surface area contributed by atoms with Gasteiger partial charge in [0.25, 0.3) is 0 Å². The van der Waals surface area contributed by atoms with Gasteiger partial charge in [-0.1, -0.05) is 24.4 Å². The molecule has 1 aromatic rings. The van der Waals surface area contributed by atoms with Gasteiger partial charge >= 0.3 is 0 Å². The number of rotatable bonds is 4. The maximum Gasteiger partial charge on any atom is 0.140 e. The molecular formula is C15H24ClN5. The number of piperazine rings is 1. The van der Waals surface area contributed by atoms with Crippen molar-refractivity contribution < 1.29 is 0 Å². The lowest BCUT2D eigenvalue weighted by molar-refractivity contribution is 0.0930. The van der Waals surface area contributed by atoms with Crippen molar-refractivity contribution in [2.24, 2.45) is 5.84 Å². The van der Waals surface area contributed by atoms with E-state index in [4.69, 9.17) is 17.4 Å². The van der Waals surface area contributed by atoms with Crippen molar-refractivity contribution in [1.82, 2.24) is 14.8 Å².